The molecule has 0 bridgehead atoms. The molecule has 184 valence electrons. The summed E-state index contributed by atoms with van der Waals surface area (Å²) in [7, 11) is 0. The van der Waals surface area contributed by atoms with Crippen LogP contribution in [0.15, 0.2) is 23.2 Å². The first-order valence-corrected chi connectivity index (χ1v) is 12.6. The van der Waals surface area contributed by atoms with E-state index in [0.29, 0.717) is 30.9 Å². The number of carboxylic acids is 1. The van der Waals surface area contributed by atoms with Crippen molar-refractivity contribution in [3.8, 4) is 0 Å². The van der Waals surface area contributed by atoms with Crippen LogP contribution in [0.3, 0.4) is 0 Å². The fourth-order valence-electron chi connectivity index (χ4n) is 5.53. The molecule has 6 nitrogen and oxygen atoms in total. The van der Waals surface area contributed by atoms with Gasteiger partial charge in [-0.1, -0.05) is 52.9 Å². The molecule has 0 aromatic heterocycles. The smallest absolute Gasteiger partial charge is 0.550 e. The number of carbonyl (C=O) groups excluding carboxylic acids is 1. The Morgan fingerprint density at radius 3 is 2.39 bits per heavy atom. The molecule has 3 N–H and O–H groups in total. The second-order valence-corrected chi connectivity index (χ2v) is 9.78. The van der Waals surface area contributed by atoms with E-state index in [0.717, 1.165) is 51.4 Å². The molecule has 0 amide bonds. The average molecular weight is 475 g/mol. The molecule has 2 aliphatic rings. The van der Waals surface area contributed by atoms with E-state index < -0.39 is 12.1 Å². The molecule has 0 saturated heterocycles. The molecule has 0 radical (unpaired) electrons. The first kappa shape index (κ1) is 30.5. The number of carboxylic acid groups (broad SMARTS) is 1. The van der Waals surface area contributed by atoms with Crippen molar-refractivity contribution in [1.82, 2.24) is 0 Å². The van der Waals surface area contributed by atoms with Gasteiger partial charge in [-0.05, 0) is 50.0 Å². The Bertz CT molecular complexity index is 655. The first-order chi connectivity index (χ1) is 15.3. The largest absolute Gasteiger partial charge is 1.00 e. The summed E-state index contributed by atoms with van der Waals surface area (Å²) < 4.78 is 6.44. The van der Waals surface area contributed by atoms with E-state index in [-0.39, 0.29) is 71.4 Å². The molecule has 33 heavy (non-hydrogen) atoms. The molecule has 0 fully saturated rings. The zero-order valence-electron chi connectivity index (χ0n) is 21.1. The topological polar surface area (TPSA) is 110 Å². The number of carbonyl (C=O) groups is 1. The van der Waals surface area contributed by atoms with Gasteiger partial charge in [0.25, 0.3) is 0 Å². The van der Waals surface area contributed by atoms with E-state index in [1.807, 2.05) is 6.92 Å². The predicted octanol–water partition coefficient (Wildman–Crippen LogP) is 1.58. The van der Waals surface area contributed by atoms with Crippen LogP contribution >= 0.6 is 0 Å². The molecular weight excluding hydrogens is 431 g/mol. The van der Waals surface area contributed by atoms with Crippen LogP contribution < -0.4 is 34.7 Å². The Balaban J connectivity index is 0.00000544. The second kappa shape index (κ2) is 15.5. The summed E-state index contributed by atoms with van der Waals surface area (Å²) in [6.07, 6.45) is 9.56. The number of hydrogen-bond acceptors (Lipinski definition) is 6. The van der Waals surface area contributed by atoms with E-state index in [2.05, 4.69) is 13.8 Å². The van der Waals surface area contributed by atoms with Gasteiger partial charge in [0, 0.05) is 36.4 Å². The van der Waals surface area contributed by atoms with Crippen molar-refractivity contribution in [3.05, 3.63) is 23.2 Å². The van der Waals surface area contributed by atoms with Crippen LogP contribution in [0.4, 0.5) is 0 Å². The maximum atomic E-state index is 10.6. The van der Waals surface area contributed by atoms with Crippen LogP contribution in [0.2, 0.25) is 0 Å². The molecule has 0 spiro atoms. The van der Waals surface area contributed by atoms with Crippen LogP contribution in [0.25, 0.3) is 0 Å². The van der Waals surface area contributed by atoms with Crippen molar-refractivity contribution in [1.29, 1.82) is 0 Å². The summed E-state index contributed by atoms with van der Waals surface area (Å²) in [6, 6.07) is 0. The van der Waals surface area contributed by atoms with Gasteiger partial charge in [-0.25, -0.2) is 0 Å². The molecule has 0 aromatic carbocycles. The quantitative estimate of drug-likeness (QED) is 0.261. The molecule has 2 rings (SSSR count). The van der Waals surface area contributed by atoms with Gasteiger partial charge in [0.2, 0.25) is 0 Å². The van der Waals surface area contributed by atoms with E-state index in [1.165, 1.54) is 0 Å². The van der Waals surface area contributed by atoms with Gasteiger partial charge in [0.1, 0.15) is 11.9 Å². The molecular formula is C26H43NaO6. The minimum absolute atomic E-state index is 0. The minimum atomic E-state index is -1.00. The summed E-state index contributed by atoms with van der Waals surface area (Å²) in [5, 5.41) is 42.2. The van der Waals surface area contributed by atoms with Gasteiger partial charge in [-0.3, -0.25) is 0 Å². The standard InChI is InChI=1S/C26H44O6.Na/c1-4-10-18(11-5-2)16-32-23-15-22(28)26(31)20-14-21(27)17(3)19(25(20)23)12-8-6-7-9-13-24(29)30;/h14,17-19,22-23,25,27-28,31H,4-13,15-16H2,1-3H3,(H,29,30);/q;+1/p-1/t17-,19+,22-,23-,25+;/m0./s1. The molecule has 0 saturated carbocycles. The van der Waals surface area contributed by atoms with Gasteiger partial charge in [0.05, 0.1) is 11.9 Å². The zero-order chi connectivity index (χ0) is 23.7. The summed E-state index contributed by atoms with van der Waals surface area (Å²) in [5.74, 6) is -0.307. The number of hydrogen-bond donors (Lipinski definition) is 3. The molecule has 5 atom stereocenters. The van der Waals surface area contributed by atoms with Gasteiger partial charge in [-0.2, -0.15) is 0 Å². The summed E-state index contributed by atoms with van der Waals surface area (Å²) in [4.78, 5) is 10.6. The molecule has 0 heterocycles. The third kappa shape index (κ3) is 8.88. The Morgan fingerprint density at radius 2 is 1.79 bits per heavy atom. The maximum absolute atomic E-state index is 10.6. The van der Waals surface area contributed by atoms with Crippen molar-refractivity contribution in [2.45, 2.75) is 104 Å². The average Bonchev–Trinajstić information content (AvgIpc) is 2.74. The molecule has 7 heteroatoms. The Hall–Kier alpha value is -0.530. The van der Waals surface area contributed by atoms with Gasteiger partial charge in [0.15, 0.2) is 0 Å². The Kier molecular flexibility index (Phi) is 14.3. The number of ether oxygens (including phenoxy) is 1. The second-order valence-electron chi connectivity index (χ2n) is 9.78. The van der Waals surface area contributed by atoms with Gasteiger partial charge < -0.3 is 30.0 Å². The monoisotopic (exact) mass is 474 g/mol. The fourth-order valence-corrected chi connectivity index (χ4v) is 5.53. The fraction of sp³-hybridized carbons (Fsp3) is 0.808. The van der Waals surface area contributed by atoms with Crippen LogP contribution in [0.1, 0.15) is 91.4 Å². The van der Waals surface area contributed by atoms with Crippen LogP contribution in [0.5, 0.6) is 0 Å². The zero-order valence-corrected chi connectivity index (χ0v) is 23.1. The number of aliphatic hydroxyl groups is 3. The van der Waals surface area contributed by atoms with Gasteiger partial charge >= 0.3 is 29.6 Å². The predicted molar refractivity (Wildman–Crippen MR) is 123 cm³/mol. The minimum Gasteiger partial charge on any atom is -0.550 e. The molecule has 2 aliphatic carbocycles. The van der Waals surface area contributed by atoms with Crippen molar-refractivity contribution < 1.29 is 59.5 Å². The normalized spacial score (nSPS) is 27.2. The Morgan fingerprint density at radius 1 is 1.15 bits per heavy atom. The first-order valence-electron chi connectivity index (χ1n) is 12.6. The maximum Gasteiger partial charge on any atom is 1.00 e. The molecule has 0 aliphatic heterocycles. The SMILES string of the molecule is CCCC(CCC)CO[C@H]1C[C@H](O)C(O)=C2C=C(O)[C@@H](C)[C@@H](CCCCCCC(=O)[O-])[C@H]21.[Na+]. The van der Waals surface area contributed by atoms with Crippen LogP contribution in [-0.2, 0) is 9.53 Å². The van der Waals surface area contributed by atoms with Crippen LogP contribution in [0, 0.1) is 23.7 Å². The Labute approximate surface area is 221 Å². The van der Waals surface area contributed by atoms with Crippen molar-refractivity contribution in [3.63, 3.8) is 0 Å². The van der Waals surface area contributed by atoms with Crippen LogP contribution in [-0.4, -0.2) is 40.1 Å². The number of fused-ring (bicyclic) bond motifs is 1. The third-order valence-electron chi connectivity index (χ3n) is 7.31. The molecule has 0 aromatic rings. The van der Waals surface area contributed by atoms with Gasteiger partial charge in [-0.15, -0.1) is 0 Å². The number of aliphatic hydroxyl groups excluding tert-OH is 3. The summed E-state index contributed by atoms with van der Waals surface area (Å²) in [6.45, 7) is 7.04. The van der Waals surface area contributed by atoms with Crippen molar-refractivity contribution in [2.75, 3.05) is 6.61 Å². The third-order valence-corrected chi connectivity index (χ3v) is 7.31. The van der Waals surface area contributed by atoms with E-state index >= 15 is 0 Å². The van der Waals surface area contributed by atoms with Crippen molar-refractivity contribution >= 4 is 5.97 Å². The summed E-state index contributed by atoms with van der Waals surface area (Å²) >= 11 is 0. The van der Waals surface area contributed by atoms with E-state index in [4.69, 9.17) is 4.74 Å². The number of rotatable bonds is 14. The van der Waals surface area contributed by atoms with Crippen molar-refractivity contribution in [2.24, 2.45) is 23.7 Å². The molecule has 0 unspecified atom stereocenters. The number of unbranched alkanes of at least 4 members (excludes halogenated alkanes) is 3. The number of allylic oxidation sites excluding steroid dienone is 2. The van der Waals surface area contributed by atoms with E-state index in [9.17, 15) is 25.2 Å². The summed E-state index contributed by atoms with van der Waals surface area (Å²) in [5.41, 5.74) is 0.619. The van der Waals surface area contributed by atoms with E-state index in [1.54, 1.807) is 6.08 Å². The number of aliphatic carboxylic acids is 1.